The van der Waals surface area contributed by atoms with Crippen molar-refractivity contribution in [1.82, 2.24) is 16.0 Å². The predicted molar refractivity (Wildman–Crippen MR) is 67.8 cm³/mol. The molecule has 1 fully saturated rings. The van der Waals surface area contributed by atoms with Gasteiger partial charge < -0.3 is 16.0 Å². The zero-order valence-electron chi connectivity index (χ0n) is 10.4. The molecule has 1 unspecified atom stereocenters. The lowest BCUT2D eigenvalue weighted by Gasteiger charge is -2.23. The molecule has 0 aromatic heterocycles. The lowest BCUT2D eigenvalue weighted by molar-refractivity contribution is -0.122. The molecule has 0 radical (unpaired) electrons. The predicted octanol–water partition coefficient (Wildman–Crippen LogP) is 0.903. The third kappa shape index (κ3) is 4.24. The maximum absolute atomic E-state index is 12.7. The van der Waals surface area contributed by atoms with Crippen molar-refractivity contribution in [3.8, 4) is 0 Å². The molecule has 6 heteroatoms. The zero-order chi connectivity index (χ0) is 13.7. The second-order valence-electron chi connectivity index (χ2n) is 4.49. The molecule has 3 amide bonds. The fourth-order valence-electron chi connectivity index (χ4n) is 1.88. The molecular weight excluding hydrogens is 249 g/mol. The highest BCUT2D eigenvalue weighted by molar-refractivity contribution is 5.78. The summed E-state index contributed by atoms with van der Waals surface area (Å²) in [5.74, 6) is -0.282. The number of carbonyl (C=O) groups excluding carboxylic acids is 2. The van der Waals surface area contributed by atoms with Crippen LogP contribution in [0, 0.1) is 5.82 Å². The van der Waals surface area contributed by atoms with Crippen LogP contribution >= 0.6 is 0 Å². The van der Waals surface area contributed by atoms with Gasteiger partial charge in [0.25, 0.3) is 0 Å². The smallest absolute Gasteiger partial charge is 0.315 e. The Labute approximate surface area is 110 Å². The number of nitrogens with one attached hydrogen (secondary N) is 3. The monoisotopic (exact) mass is 265 g/mol. The summed E-state index contributed by atoms with van der Waals surface area (Å²) in [5, 5.41) is 8.17. The van der Waals surface area contributed by atoms with E-state index in [9.17, 15) is 14.0 Å². The minimum absolute atomic E-state index is 0.0183. The number of piperidine rings is 1. The van der Waals surface area contributed by atoms with Gasteiger partial charge in [-0.15, -0.1) is 0 Å². The van der Waals surface area contributed by atoms with E-state index in [2.05, 4.69) is 16.0 Å². The van der Waals surface area contributed by atoms with Crippen molar-refractivity contribution in [2.45, 2.75) is 25.4 Å². The maximum Gasteiger partial charge on any atom is 0.315 e. The van der Waals surface area contributed by atoms with Gasteiger partial charge in [0.1, 0.15) is 5.82 Å². The number of hydrogen-bond donors (Lipinski definition) is 3. The molecule has 1 heterocycles. The van der Waals surface area contributed by atoms with E-state index in [1.807, 2.05) is 0 Å². The van der Waals surface area contributed by atoms with Crippen LogP contribution in [0.4, 0.5) is 9.18 Å². The van der Waals surface area contributed by atoms with Crippen molar-refractivity contribution >= 4 is 11.9 Å². The van der Waals surface area contributed by atoms with Gasteiger partial charge in [-0.1, -0.05) is 12.1 Å². The van der Waals surface area contributed by atoms with Crippen LogP contribution in [-0.4, -0.2) is 24.5 Å². The van der Waals surface area contributed by atoms with Crippen molar-refractivity contribution < 1.29 is 14.0 Å². The quantitative estimate of drug-likeness (QED) is 0.760. The Morgan fingerprint density at radius 1 is 1.37 bits per heavy atom. The molecule has 1 aliphatic rings. The lowest BCUT2D eigenvalue weighted by Crippen LogP contribution is -2.50. The largest absolute Gasteiger partial charge is 0.354 e. The van der Waals surface area contributed by atoms with E-state index in [1.165, 1.54) is 12.1 Å². The van der Waals surface area contributed by atoms with Crippen LogP contribution in [-0.2, 0) is 11.3 Å². The number of rotatable bonds is 3. The molecule has 1 aromatic rings. The van der Waals surface area contributed by atoms with E-state index in [1.54, 1.807) is 12.1 Å². The van der Waals surface area contributed by atoms with Crippen LogP contribution in [0.5, 0.6) is 0 Å². The summed E-state index contributed by atoms with van der Waals surface area (Å²) in [6.07, 6.45) is 1.08. The molecule has 19 heavy (non-hydrogen) atoms. The number of urea groups is 1. The van der Waals surface area contributed by atoms with Crippen LogP contribution in [0.25, 0.3) is 0 Å². The first-order chi connectivity index (χ1) is 9.13. The number of carbonyl (C=O) groups is 2. The average molecular weight is 265 g/mol. The Morgan fingerprint density at radius 3 is 2.74 bits per heavy atom. The van der Waals surface area contributed by atoms with Crippen molar-refractivity contribution in [2.24, 2.45) is 0 Å². The second-order valence-corrected chi connectivity index (χ2v) is 4.49. The van der Waals surface area contributed by atoms with Crippen molar-refractivity contribution in [3.63, 3.8) is 0 Å². The molecule has 5 nitrogen and oxygen atoms in total. The van der Waals surface area contributed by atoms with Crippen LogP contribution < -0.4 is 16.0 Å². The van der Waals surface area contributed by atoms with Crippen molar-refractivity contribution in [3.05, 3.63) is 35.6 Å². The van der Waals surface area contributed by atoms with Crippen LogP contribution in [0.15, 0.2) is 24.3 Å². The first kappa shape index (κ1) is 13.3. The van der Waals surface area contributed by atoms with Crippen molar-refractivity contribution in [1.29, 1.82) is 0 Å². The van der Waals surface area contributed by atoms with Crippen LogP contribution in [0.1, 0.15) is 18.4 Å². The molecule has 102 valence electrons. The number of benzene rings is 1. The average Bonchev–Trinajstić information content (AvgIpc) is 2.41. The minimum atomic E-state index is -0.300. The summed E-state index contributed by atoms with van der Waals surface area (Å²) in [5.41, 5.74) is 0.827. The molecule has 0 saturated carbocycles. The summed E-state index contributed by atoms with van der Waals surface area (Å²) in [6.45, 7) is 0.800. The van der Waals surface area contributed by atoms with Gasteiger partial charge in [-0.2, -0.15) is 0 Å². The third-order valence-electron chi connectivity index (χ3n) is 2.97. The standard InChI is InChI=1S/C13H16FN3O2/c14-10-3-1-9(2-4-10)7-16-13(19)17-11-5-6-12(18)15-8-11/h1-4,11H,5-8H2,(H,15,18)(H2,16,17,19). The Morgan fingerprint density at radius 2 is 2.11 bits per heavy atom. The van der Waals surface area contributed by atoms with Crippen molar-refractivity contribution in [2.75, 3.05) is 6.54 Å². The van der Waals surface area contributed by atoms with E-state index in [-0.39, 0.29) is 23.8 Å². The lowest BCUT2D eigenvalue weighted by atomic mass is 10.1. The van der Waals surface area contributed by atoms with E-state index in [4.69, 9.17) is 0 Å². The van der Waals surface area contributed by atoms with Crippen LogP contribution in [0.3, 0.4) is 0 Å². The molecule has 0 spiro atoms. The highest BCUT2D eigenvalue weighted by atomic mass is 19.1. The molecule has 0 aliphatic carbocycles. The molecule has 1 atom stereocenters. The van der Waals surface area contributed by atoms with E-state index in [0.717, 1.165) is 5.56 Å². The molecule has 1 aliphatic heterocycles. The maximum atomic E-state index is 12.7. The molecular formula is C13H16FN3O2. The van der Waals surface area contributed by atoms with E-state index >= 15 is 0 Å². The SMILES string of the molecule is O=C1CCC(NC(=O)NCc2ccc(F)cc2)CN1. The van der Waals surface area contributed by atoms with E-state index < -0.39 is 0 Å². The molecule has 3 N–H and O–H groups in total. The molecule has 1 aromatic carbocycles. The highest BCUT2D eigenvalue weighted by Crippen LogP contribution is 2.03. The number of hydrogen-bond acceptors (Lipinski definition) is 2. The molecule has 2 rings (SSSR count). The summed E-state index contributed by atoms with van der Waals surface area (Å²) >= 11 is 0. The van der Waals surface area contributed by atoms with Gasteiger partial charge in [0, 0.05) is 25.6 Å². The third-order valence-corrected chi connectivity index (χ3v) is 2.97. The van der Waals surface area contributed by atoms with Gasteiger partial charge >= 0.3 is 6.03 Å². The Hall–Kier alpha value is -2.11. The number of amides is 3. The normalized spacial score (nSPS) is 18.6. The fraction of sp³-hybridized carbons (Fsp3) is 0.385. The molecule has 1 saturated heterocycles. The van der Waals surface area contributed by atoms with Crippen LogP contribution in [0.2, 0.25) is 0 Å². The minimum Gasteiger partial charge on any atom is -0.354 e. The van der Waals surface area contributed by atoms with Gasteiger partial charge in [-0.25, -0.2) is 9.18 Å². The highest BCUT2D eigenvalue weighted by Gasteiger charge is 2.19. The van der Waals surface area contributed by atoms with E-state index in [0.29, 0.717) is 25.9 Å². The first-order valence-electron chi connectivity index (χ1n) is 6.19. The summed E-state index contributed by atoms with van der Waals surface area (Å²) in [7, 11) is 0. The molecule has 0 bridgehead atoms. The summed E-state index contributed by atoms with van der Waals surface area (Å²) in [6, 6.07) is 5.63. The van der Waals surface area contributed by atoms with Gasteiger partial charge in [0.05, 0.1) is 0 Å². The van der Waals surface area contributed by atoms with Gasteiger partial charge in [-0.05, 0) is 24.1 Å². The van der Waals surface area contributed by atoms with Gasteiger partial charge in [-0.3, -0.25) is 4.79 Å². The van der Waals surface area contributed by atoms with Gasteiger partial charge in [0.15, 0.2) is 0 Å². The Bertz CT molecular complexity index is 451. The topological polar surface area (TPSA) is 70.2 Å². The van der Waals surface area contributed by atoms with Gasteiger partial charge in [0.2, 0.25) is 5.91 Å². The fourth-order valence-corrected chi connectivity index (χ4v) is 1.88. The summed E-state index contributed by atoms with van der Waals surface area (Å²) < 4.78 is 12.7. The zero-order valence-corrected chi connectivity index (χ0v) is 10.4. The Balaban J connectivity index is 1.72. The second kappa shape index (κ2) is 6.17. The summed E-state index contributed by atoms with van der Waals surface area (Å²) in [4.78, 5) is 22.6. The first-order valence-corrected chi connectivity index (χ1v) is 6.19. The number of halogens is 1. The Kier molecular flexibility index (Phi) is 4.33.